The predicted molar refractivity (Wildman–Crippen MR) is 148 cm³/mol. The van der Waals surface area contributed by atoms with Crippen LogP contribution in [-0.4, -0.2) is 44.6 Å². The molecule has 0 heterocycles. The number of carbonyl (C=O) groups excluding carboxylic acids is 1. The molecule has 0 aromatic heterocycles. The predicted octanol–water partition coefficient (Wildman–Crippen LogP) is 4.55. The van der Waals surface area contributed by atoms with Crippen LogP contribution in [0.15, 0.2) is 42.5 Å². The van der Waals surface area contributed by atoms with E-state index in [-0.39, 0.29) is 55.7 Å². The Morgan fingerprint density at radius 2 is 1.65 bits per heavy atom. The quantitative estimate of drug-likeness (QED) is 0.299. The zero-order valence-electron chi connectivity index (χ0n) is 21.3. The van der Waals surface area contributed by atoms with Crippen LogP contribution < -0.4 is 11.1 Å². The molecule has 210 valence electrons. The number of sulfone groups is 1. The molecule has 0 fully saturated rings. The van der Waals surface area contributed by atoms with Gasteiger partial charge in [0.1, 0.15) is 17.7 Å². The largest absolute Gasteiger partial charge is 0.459 e. The maximum atomic E-state index is 13.6. The number of nitrogens with one attached hydrogen (secondary N) is 1. The topological polar surface area (TPSA) is 98.5 Å². The maximum Gasteiger partial charge on any atom is 0.307 e. The lowest BCUT2D eigenvalue weighted by Crippen LogP contribution is -2.46. The third-order valence-electron chi connectivity index (χ3n) is 5.65. The van der Waals surface area contributed by atoms with Gasteiger partial charge in [0.25, 0.3) is 0 Å². The molecule has 3 N–H and O–H groups in total. The molecule has 0 radical (unpaired) electrons. The van der Waals surface area contributed by atoms with E-state index in [1.54, 1.807) is 0 Å². The number of carbonyl (C=O) groups is 1. The van der Waals surface area contributed by atoms with Gasteiger partial charge in [-0.1, -0.05) is 44.5 Å². The molecule has 2 unspecified atom stereocenters. The Bertz CT molecular complexity index is 1050. The molecule has 0 spiro atoms. The van der Waals surface area contributed by atoms with E-state index in [0.717, 1.165) is 24.5 Å². The smallest absolute Gasteiger partial charge is 0.307 e. The number of hydrogen-bond donors (Lipinski definition) is 2. The summed E-state index contributed by atoms with van der Waals surface area (Å²) in [7, 11) is -3.34. The normalized spacial score (nSPS) is 12.7. The van der Waals surface area contributed by atoms with E-state index < -0.39 is 39.6 Å². The second-order valence-corrected chi connectivity index (χ2v) is 11.0. The van der Waals surface area contributed by atoms with Gasteiger partial charge < -0.3 is 15.8 Å². The highest BCUT2D eigenvalue weighted by atomic mass is 35.5. The van der Waals surface area contributed by atoms with Crippen molar-refractivity contribution in [3.63, 3.8) is 0 Å². The first-order valence-electron chi connectivity index (χ1n) is 12.0. The minimum Gasteiger partial charge on any atom is -0.459 e. The summed E-state index contributed by atoms with van der Waals surface area (Å²) in [6.07, 6.45) is 1.18. The van der Waals surface area contributed by atoms with Crippen molar-refractivity contribution in [2.24, 2.45) is 5.73 Å². The molecule has 2 atom stereocenters. The van der Waals surface area contributed by atoms with Crippen LogP contribution in [0.25, 0.3) is 0 Å². The van der Waals surface area contributed by atoms with Gasteiger partial charge in [-0.15, -0.1) is 24.8 Å². The lowest BCUT2D eigenvalue weighted by molar-refractivity contribution is -0.149. The summed E-state index contributed by atoms with van der Waals surface area (Å²) in [5.74, 6) is -2.37. The van der Waals surface area contributed by atoms with Crippen LogP contribution in [0.2, 0.25) is 0 Å². The highest BCUT2D eigenvalue weighted by Crippen LogP contribution is 2.13. The van der Waals surface area contributed by atoms with Crippen molar-refractivity contribution in [1.82, 2.24) is 5.32 Å². The molecule has 37 heavy (non-hydrogen) atoms. The summed E-state index contributed by atoms with van der Waals surface area (Å²) in [5, 5.41) is 3.22. The average Bonchev–Trinajstić information content (AvgIpc) is 2.80. The number of halogens is 4. The van der Waals surface area contributed by atoms with Gasteiger partial charge in [0.05, 0.1) is 17.9 Å². The Morgan fingerprint density at radius 3 is 2.27 bits per heavy atom. The van der Waals surface area contributed by atoms with Gasteiger partial charge in [-0.2, -0.15) is 0 Å². The fourth-order valence-electron chi connectivity index (χ4n) is 3.66. The zero-order valence-corrected chi connectivity index (χ0v) is 23.7. The summed E-state index contributed by atoms with van der Waals surface area (Å²) in [5.41, 5.74) is 8.88. The van der Waals surface area contributed by atoms with Crippen molar-refractivity contribution in [3.8, 4) is 0 Å². The summed E-state index contributed by atoms with van der Waals surface area (Å²) < 4.78 is 56.9. The minimum atomic E-state index is -3.34. The van der Waals surface area contributed by atoms with E-state index in [2.05, 4.69) is 18.3 Å². The monoisotopic (exact) mass is 582 g/mol. The molecular formula is C26H38Cl2F2N2O4S. The molecule has 2 rings (SSSR count). The van der Waals surface area contributed by atoms with Crippen LogP contribution in [0.3, 0.4) is 0 Å². The van der Waals surface area contributed by atoms with Crippen LogP contribution in [0.1, 0.15) is 49.8 Å². The van der Waals surface area contributed by atoms with E-state index in [1.807, 2.05) is 25.1 Å². The van der Waals surface area contributed by atoms with Crippen LogP contribution in [0.4, 0.5) is 8.78 Å². The van der Waals surface area contributed by atoms with E-state index in [1.165, 1.54) is 17.7 Å². The molecule has 0 saturated heterocycles. The first kappa shape index (κ1) is 35.2. The van der Waals surface area contributed by atoms with Gasteiger partial charge in [0.2, 0.25) is 0 Å². The van der Waals surface area contributed by atoms with Crippen LogP contribution in [-0.2, 0) is 38.8 Å². The van der Waals surface area contributed by atoms with Crippen molar-refractivity contribution in [1.29, 1.82) is 0 Å². The molecule has 2 aromatic rings. The van der Waals surface area contributed by atoms with Crippen LogP contribution in [0.5, 0.6) is 0 Å². The van der Waals surface area contributed by atoms with Gasteiger partial charge in [0.15, 0.2) is 9.84 Å². The summed E-state index contributed by atoms with van der Waals surface area (Å²) >= 11 is 0. The Hall–Kier alpha value is -1.78. The minimum absolute atomic E-state index is 0. The third-order valence-corrected chi connectivity index (χ3v) is 7.39. The lowest BCUT2D eigenvalue weighted by atomic mass is 10.0. The van der Waals surface area contributed by atoms with E-state index in [0.29, 0.717) is 18.5 Å². The average molecular weight is 584 g/mol. The lowest BCUT2D eigenvalue weighted by Gasteiger charge is -2.25. The van der Waals surface area contributed by atoms with Gasteiger partial charge in [-0.3, -0.25) is 4.79 Å². The van der Waals surface area contributed by atoms with Crippen LogP contribution >= 0.6 is 24.8 Å². The highest BCUT2D eigenvalue weighted by Gasteiger charge is 2.24. The number of esters is 1. The molecule has 6 nitrogen and oxygen atoms in total. The van der Waals surface area contributed by atoms with E-state index in [4.69, 9.17) is 10.5 Å². The first-order chi connectivity index (χ1) is 16.6. The van der Waals surface area contributed by atoms with Crippen LogP contribution in [0, 0.1) is 11.6 Å². The van der Waals surface area contributed by atoms with Gasteiger partial charge in [0, 0.05) is 25.2 Å². The van der Waals surface area contributed by atoms with Crippen molar-refractivity contribution < 1.29 is 26.7 Å². The molecule has 0 saturated carbocycles. The van der Waals surface area contributed by atoms with Gasteiger partial charge in [-0.05, 0) is 48.1 Å². The Labute approximate surface area is 231 Å². The maximum absolute atomic E-state index is 13.6. The summed E-state index contributed by atoms with van der Waals surface area (Å²) in [6, 6.07) is 10.4. The summed E-state index contributed by atoms with van der Waals surface area (Å²) in [4.78, 5) is 12.5. The van der Waals surface area contributed by atoms with Crippen molar-refractivity contribution >= 4 is 40.6 Å². The Morgan fingerprint density at radius 1 is 1.00 bits per heavy atom. The molecule has 0 aliphatic rings. The molecule has 0 amide bonds. The number of ether oxygens (including phenoxy) is 1. The molecule has 11 heteroatoms. The third kappa shape index (κ3) is 13.5. The molecule has 0 bridgehead atoms. The van der Waals surface area contributed by atoms with E-state index >= 15 is 0 Å². The second-order valence-electron chi connectivity index (χ2n) is 8.73. The fourth-order valence-corrected chi connectivity index (χ4v) is 5.07. The van der Waals surface area contributed by atoms with Crippen molar-refractivity contribution in [3.05, 3.63) is 70.8 Å². The SMILES string of the molecule is CCCCS(=O)(=O)CCC(=O)OC(CNCc1cccc(CC)c1)C(N)Cc1cc(F)cc(F)c1.Cl.Cl. The van der Waals surface area contributed by atoms with Gasteiger partial charge in [-0.25, -0.2) is 17.2 Å². The number of unbranched alkanes of at least 4 members (excludes halogenated alkanes) is 1. The number of benzene rings is 2. The highest BCUT2D eigenvalue weighted by molar-refractivity contribution is 7.91. The zero-order chi connectivity index (χ0) is 25.8. The van der Waals surface area contributed by atoms with E-state index in [9.17, 15) is 22.0 Å². The molecule has 0 aliphatic carbocycles. The number of hydrogen-bond acceptors (Lipinski definition) is 6. The number of rotatable bonds is 15. The van der Waals surface area contributed by atoms with Crippen molar-refractivity contribution in [2.75, 3.05) is 18.1 Å². The molecule has 2 aromatic carbocycles. The number of nitrogens with two attached hydrogens (primary N) is 1. The second kappa shape index (κ2) is 17.7. The Kier molecular flexibility index (Phi) is 16.8. The Balaban J connectivity index is 0.00000648. The van der Waals surface area contributed by atoms with Gasteiger partial charge >= 0.3 is 5.97 Å². The standard InChI is InChI=1S/C26H36F2N2O4S.2ClH/c1-3-5-10-35(32,33)11-9-26(31)34-25(18-30-17-20-8-6-7-19(4-2)12-20)24(29)15-21-13-22(27)16-23(28)14-21;;/h6-8,12-14,16,24-25,30H,3-5,9-11,15,17-18,29H2,1-2H3;2*1H. The fraction of sp³-hybridized carbons (Fsp3) is 0.500. The molecule has 0 aliphatic heterocycles. The summed E-state index contributed by atoms with van der Waals surface area (Å²) in [6.45, 7) is 4.67. The first-order valence-corrected chi connectivity index (χ1v) is 13.8. The molecular weight excluding hydrogens is 545 g/mol. The number of aryl methyl sites for hydroxylation is 1. The van der Waals surface area contributed by atoms with Crippen molar-refractivity contribution in [2.45, 2.75) is 64.6 Å².